The van der Waals surface area contributed by atoms with Crippen LogP contribution in [0.25, 0.3) is 11.3 Å². The first-order chi connectivity index (χ1) is 13.5. The molecule has 1 heterocycles. The van der Waals surface area contributed by atoms with Crippen LogP contribution in [0.4, 0.5) is 13.9 Å². The van der Waals surface area contributed by atoms with Crippen molar-refractivity contribution in [1.29, 1.82) is 0 Å². The quantitative estimate of drug-likeness (QED) is 0.538. The fraction of sp³-hybridized carbons (Fsp3) is 0.150. The zero-order chi connectivity index (χ0) is 19.9. The number of rotatable bonds is 8. The minimum atomic E-state index is -2.94. The van der Waals surface area contributed by atoms with Crippen molar-refractivity contribution in [2.75, 3.05) is 5.32 Å². The highest BCUT2D eigenvalue weighted by molar-refractivity contribution is 7.14. The maximum atomic E-state index is 12.5. The summed E-state index contributed by atoms with van der Waals surface area (Å²) in [7, 11) is 0. The number of nitrogens with one attached hydrogen (secondary N) is 1. The summed E-state index contributed by atoms with van der Waals surface area (Å²) in [5.74, 6) is -0.454. The normalized spacial score (nSPS) is 10.7. The number of Topliss-reactive ketones (excluding diaryl/α,β-unsaturated/α-hetero) is 1. The van der Waals surface area contributed by atoms with Gasteiger partial charge in [0.2, 0.25) is 5.91 Å². The first kappa shape index (κ1) is 19.6. The van der Waals surface area contributed by atoms with E-state index in [2.05, 4.69) is 15.0 Å². The number of nitrogens with zero attached hydrogens (tertiary/aromatic N) is 1. The summed E-state index contributed by atoms with van der Waals surface area (Å²) in [5.41, 5.74) is 1.37. The standard InChI is InChI=1S/C20H16F2N2O3S/c21-19(22)27-17-9-5-4-8-14(17)15-12-28-20(23-15)24-18(26)11-10-16(25)13-6-2-1-3-7-13/h1-9,12,19H,10-11H2,(H,23,24,26). The minimum Gasteiger partial charge on any atom is -0.434 e. The van der Waals surface area contributed by atoms with E-state index in [0.29, 0.717) is 22.0 Å². The van der Waals surface area contributed by atoms with Gasteiger partial charge in [0.1, 0.15) is 5.75 Å². The molecule has 0 saturated carbocycles. The Balaban J connectivity index is 1.60. The van der Waals surface area contributed by atoms with Gasteiger partial charge in [-0.3, -0.25) is 9.59 Å². The SMILES string of the molecule is O=C(CCC(=O)c1ccccc1)Nc1nc(-c2ccccc2OC(F)F)cs1. The molecule has 0 aliphatic carbocycles. The van der Waals surface area contributed by atoms with E-state index in [1.54, 1.807) is 47.8 Å². The molecule has 1 N–H and O–H groups in total. The average molecular weight is 402 g/mol. The van der Waals surface area contributed by atoms with Crippen LogP contribution in [-0.2, 0) is 4.79 Å². The Morgan fingerprint density at radius 1 is 1.04 bits per heavy atom. The van der Waals surface area contributed by atoms with Gasteiger partial charge in [-0.1, -0.05) is 42.5 Å². The number of ether oxygens (including phenoxy) is 1. The topological polar surface area (TPSA) is 68.3 Å². The average Bonchev–Trinajstić information content (AvgIpc) is 3.15. The molecular weight excluding hydrogens is 386 g/mol. The van der Waals surface area contributed by atoms with E-state index in [4.69, 9.17) is 0 Å². The van der Waals surface area contributed by atoms with Crippen molar-refractivity contribution in [3.63, 3.8) is 0 Å². The van der Waals surface area contributed by atoms with E-state index < -0.39 is 6.61 Å². The Hall–Kier alpha value is -3.13. The fourth-order valence-electron chi connectivity index (χ4n) is 2.51. The lowest BCUT2D eigenvalue weighted by Crippen LogP contribution is -2.13. The van der Waals surface area contributed by atoms with Crippen LogP contribution in [0.5, 0.6) is 5.75 Å². The number of alkyl halides is 2. The summed E-state index contributed by atoms with van der Waals surface area (Å²) in [4.78, 5) is 28.4. The third-order valence-corrected chi connectivity index (χ3v) is 4.56. The van der Waals surface area contributed by atoms with E-state index in [1.165, 1.54) is 6.07 Å². The zero-order valence-corrected chi connectivity index (χ0v) is 15.4. The molecule has 0 aliphatic rings. The van der Waals surface area contributed by atoms with Gasteiger partial charge in [0.25, 0.3) is 0 Å². The van der Waals surface area contributed by atoms with Crippen LogP contribution in [0.1, 0.15) is 23.2 Å². The highest BCUT2D eigenvalue weighted by Gasteiger charge is 2.15. The number of aromatic nitrogens is 1. The van der Waals surface area contributed by atoms with Gasteiger partial charge < -0.3 is 10.1 Å². The highest BCUT2D eigenvalue weighted by atomic mass is 32.1. The summed E-state index contributed by atoms with van der Waals surface area (Å²) < 4.78 is 29.6. The molecule has 0 unspecified atom stereocenters. The van der Waals surface area contributed by atoms with Crippen LogP contribution in [-0.4, -0.2) is 23.3 Å². The van der Waals surface area contributed by atoms with Crippen molar-refractivity contribution in [2.45, 2.75) is 19.5 Å². The number of hydrogen-bond donors (Lipinski definition) is 1. The summed E-state index contributed by atoms with van der Waals surface area (Å²) in [6.45, 7) is -2.94. The van der Waals surface area contributed by atoms with E-state index in [9.17, 15) is 18.4 Å². The molecule has 0 saturated heterocycles. The molecule has 1 amide bonds. The predicted molar refractivity (Wildman–Crippen MR) is 103 cm³/mol. The Morgan fingerprint density at radius 3 is 2.50 bits per heavy atom. The largest absolute Gasteiger partial charge is 0.434 e. The van der Waals surface area contributed by atoms with Crippen molar-refractivity contribution in [3.8, 4) is 17.0 Å². The van der Waals surface area contributed by atoms with E-state index in [0.717, 1.165) is 11.3 Å². The fourth-order valence-corrected chi connectivity index (χ4v) is 3.24. The number of benzene rings is 2. The molecule has 28 heavy (non-hydrogen) atoms. The van der Waals surface area contributed by atoms with Gasteiger partial charge in [-0.25, -0.2) is 4.98 Å². The molecule has 3 rings (SSSR count). The molecule has 0 radical (unpaired) electrons. The van der Waals surface area contributed by atoms with Gasteiger partial charge in [0, 0.05) is 29.3 Å². The van der Waals surface area contributed by atoms with Crippen molar-refractivity contribution in [1.82, 2.24) is 4.98 Å². The summed E-state index contributed by atoms with van der Waals surface area (Å²) >= 11 is 1.16. The molecule has 0 spiro atoms. The van der Waals surface area contributed by atoms with Crippen LogP contribution in [0.3, 0.4) is 0 Å². The number of thiazole rings is 1. The lowest BCUT2D eigenvalue weighted by atomic mass is 10.1. The molecule has 5 nitrogen and oxygen atoms in total. The number of para-hydroxylation sites is 1. The lowest BCUT2D eigenvalue weighted by molar-refractivity contribution is -0.116. The van der Waals surface area contributed by atoms with Crippen LogP contribution in [0, 0.1) is 0 Å². The number of hydrogen-bond acceptors (Lipinski definition) is 5. The van der Waals surface area contributed by atoms with Gasteiger partial charge >= 0.3 is 6.61 Å². The monoisotopic (exact) mass is 402 g/mol. The van der Waals surface area contributed by atoms with Crippen molar-refractivity contribution in [3.05, 3.63) is 65.5 Å². The Labute approximate surface area is 164 Å². The third-order valence-electron chi connectivity index (χ3n) is 3.80. The molecule has 3 aromatic rings. The van der Waals surface area contributed by atoms with E-state index in [-0.39, 0.29) is 30.3 Å². The van der Waals surface area contributed by atoms with E-state index in [1.807, 2.05) is 6.07 Å². The summed E-state index contributed by atoms with van der Waals surface area (Å²) in [6.07, 6.45) is 0.104. The maximum absolute atomic E-state index is 12.5. The number of halogens is 2. The molecule has 1 aromatic heterocycles. The van der Waals surface area contributed by atoms with Crippen LogP contribution in [0.15, 0.2) is 60.0 Å². The minimum absolute atomic E-state index is 0.00846. The van der Waals surface area contributed by atoms with Gasteiger partial charge in [-0.15, -0.1) is 11.3 Å². The van der Waals surface area contributed by atoms with Gasteiger partial charge in [-0.05, 0) is 12.1 Å². The Kier molecular flexibility index (Phi) is 6.44. The molecule has 0 aliphatic heterocycles. The van der Waals surface area contributed by atoms with Crippen molar-refractivity contribution < 1.29 is 23.1 Å². The molecule has 144 valence electrons. The predicted octanol–water partition coefficient (Wildman–Crippen LogP) is 5.01. The van der Waals surface area contributed by atoms with Crippen molar-refractivity contribution in [2.24, 2.45) is 0 Å². The molecular formula is C20H16F2N2O3S. The molecule has 0 bridgehead atoms. The molecule has 8 heteroatoms. The second-order valence-electron chi connectivity index (χ2n) is 5.75. The third kappa shape index (κ3) is 5.20. The Bertz CT molecular complexity index is 961. The van der Waals surface area contributed by atoms with Crippen molar-refractivity contribution >= 4 is 28.2 Å². The smallest absolute Gasteiger partial charge is 0.387 e. The highest BCUT2D eigenvalue weighted by Crippen LogP contribution is 2.33. The number of amides is 1. The second kappa shape index (κ2) is 9.18. The number of carbonyl (C=O) groups excluding carboxylic acids is 2. The van der Waals surface area contributed by atoms with Gasteiger partial charge in [0.05, 0.1) is 5.69 Å². The number of anilines is 1. The van der Waals surface area contributed by atoms with Crippen LogP contribution >= 0.6 is 11.3 Å². The number of ketones is 1. The molecule has 0 atom stereocenters. The molecule has 0 fully saturated rings. The van der Waals surface area contributed by atoms with Gasteiger partial charge in [0.15, 0.2) is 10.9 Å². The summed E-state index contributed by atoms with van der Waals surface area (Å²) in [6, 6.07) is 15.0. The molecule has 2 aromatic carbocycles. The Morgan fingerprint density at radius 2 is 1.75 bits per heavy atom. The first-order valence-electron chi connectivity index (χ1n) is 8.41. The first-order valence-corrected chi connectivity index (χ1v) is 9.29. The zero-order valence-electron chi connectivity index (χ0n) is 14.6. The van der Waals surface area contributed by atoms with Gasteiger partial charge in [-0.2, -0.15) is 8.78 Å². The van der Waals surface area contributed by atoms with E-state index >= 15 is 0 Å². The number of carbonyl (C=O) groups is 2. The van der Waals surface area contributed by atoms with Crippen LogP contribution < -0.4 is 10.1 Å². The summed E-state index contributed by atoms with van der Waals surface area (Å²) in [5, 5.41) is 4.58. The lowest BCUT2D eigenvalue weighted by Gasteiger charge is -2.08. The maximum Gasteiger partial charge on any atom is 0.387 e. The van der Waals surface area contributed by atoms with Crippen LogP contribution in [0.2, 0.25) is 0 Å². The second-order valence-corrected chi connectivity index (χ2v) is 6.61.